The van der Waals surface area contributed by atoms with Crippen LogP contribution in [0.3, 0.4) is 0 Å². The quantitative estimate of drug-likeness (QED) is 0.424. The zero-order valence-corrected chi connectivity index (χ0v) is 18.0. The molecule has 0 radical (unpaired) electrons. The van der Waals surface area contributed by atoms with Gasteiger partial charge in [0.1, 0.15) is 0 Å². The molecule has 4 aromatic rings. The van der Waals surface area contributed by atoms with E-state index in [4.69, 9.17) is 9.47 Å². The number of rotatable bonds is 8. The van der Waals surface area contributed by atoms with Crippen LogP contribution in [0.5, 0.6) is 11.5 Å². The number of nitrogens with zero attached hydrogens (tertiary/aromatic N) is 2. The van der Waals surface area contributed by atoms with Crippen LogP contribution in [0.15, 0.2) is 72.8 Å². The molecule has 0 aliphatic carbocycles. The number of carbonyl (C=O) groups is 1. The Bertz CT molecular complexity index is 1200. The fourth-order valence-corrected chi connectivity index (χ4v) is 3.40. The van der Waals surface area contributed by atoms with Gasteiger partial charge in [0.05, 0.1) is 19.9 Å². The minimum Gasteiger partial charge on any atom is -0.493 e. The second kappa shape index (κ2) is 9.78. The van der Waals surface area contributed by atoms with E-state index in [0.29, 0.717) is 41.7 Å². The van der Waals surface area contributed by atoms with Gasteiger partial charge in [-0.25, -0.2) is 4.98 Å². The number of aromatic nitrogens is 3. The van der Waals surface area contributed by atoms with Crippen LogP contribution in [0.2, 0.25) is 0 Å². The highest BCUT2D eigenvalue weighted by Gasteiger charge is 2.13. The monoisotopic (exact) mass is 428 g/mol. The predicted molar refractivity (Wildman–Crippen MR) is 124 cm³/mol. The van der Waals surface area contributed by atoms with E-state index >= 15 is 0 Å². The Morgan fingerprint density at radius 1 is 0.938 bits per heavy atom. The van der Waals surface area contributed by atoms with Crippen molar-refractivity contribution in [2.24, 2.45) is 0 Å². The van der Waals surface area contributed by atoms with Crippen molar-refractivity contribution in [2.45, 2.75) is 12.8 Å². The molecule has 162 valence electrons. The lowest BCUT2D eigenvalue weighted by atomic mass is 10.1. The van der Waals surface area contributed by atoms with Crippen molar-refractivity contribution in [3.05, 3.63) is 78.4 Å². The van der Waals surface area contributed by atoms with E-state index in [1.165, 1.54) is 0 Å². The number of anilines is 1. The zero-order chi connectivity index (χ0) is 22.3. The number of aromatic amines is 1. The van der Waals surface area contributed by atoms with Gasteiger partial charge in [-0.05, 0) is 36.2 Å². The van der Waals surface area contributed by atoms with Crippen molar-refractivity contribution < 1.29 is 14.3 Å². The molecule has 2 N–H and O–H groups in total. The second-order valence-electron chi connectivity index (χ2n) is 7.16. The molecule has 32 heavy (non-hydrogen) atoms. The summed E-state index contributed by atoms with van der Waals surface area (Å²) < 4.78 is 10.6. The van der Waals surface area contributed by atoms with Crippen molar-refractivity contribution in [3.63, 3.8) is 0 Å². The van der Waals surface area contributed by atoms with Crippen molar-refractivity contribution in [1.82, 2.24) is 15.2 Å². The third kappa shape index (κ3) is 4.78. The summed E-state index contributed by atoms with van der Waals surface area (Å²) >= 11 is 0. The molecule has 3 aromatic carbocycles. The first-order chi connectivity index (χ1) is 15.7. The molecule has 0 spiro atoms. The number of methoxy groups -OCH3 is 2. The number of benzene rings is 3. The maximum Gasteiger partial charge on any atom is 0.224 e. The Morgan fingerprint density at radius 3 is 2.47 bits per heavy atom. The van der Waals surface area contributed by atoms with Crippen molar-refractivity contribution >= 4 is 11.6 Å². The topological polar surface area (TPSA) is 89.1 Å². The highest BCUT2D eigenvalue weighted by atomic mass is 16.5. The first-order valence-corrected chi connectivity index (χ1v) is 10.3. The summed E-state index contributed by atoms with van der Waals surface area (Å²) in [5.74, 6) is 2.43. The third-order valence-corrected chi connectivity index (χ3v) is 5.06. The maximum absolute atomic E-state index is 12.7. The molecule has 0 atom stereocenters. The summed E-state index contributed by atoms with van der Waals surface area (Å²) in [6.07, 6.45) is 0.907. The first kappa shape index (κ1) is 21.1. The van der Waals surface area contributed by atoms with Gasteiger partial charge in [-0.15, -0.1) is 0 Å². The molecular formula is C25H24N4O3. The van der Waals surface area contributed by atoms with Gasteiger partial charge in [0, 0.05) is 17.5 Å². The molecule has 0 unspecified atom stereocenters. The standard InChI is InChI=1S/C25H24N4O3/c1-31-21-14-12-17(16-22(21)32-2)13-15-23(30)26-20-11-7-6-10-19(20)25-27-24(28-29-25)18-8-4-3-5-9-18/h3-12,14,16H,13,15H2,1-2H3,(H,26,30)(H,27,28,29). The van der Waals surface area contributed by atoms with Crippen molar-refractivity contribution in [2.75, 3.05) is 19.5 Å². The average molecular weight is 428 g/mol. The van der Waals surface area contributed by atoms with Gasteiger partial charge in [-0.1, -0.05) is 48.5 Å². The summed E-state index contributed by atoms with van der Waals surface area (Å²) in [5, 5.41) is 10.3. The SMILES string of the molecule is COc1ccc(CCC(=O)Nc2ccccc2-c2nc(-c3ccccc3)n[nH]2)cc1OC. The normalized spacial score (nSPS) is 10.6. The summed E-state index contributed by atoms with van der Waals surface area (Å²) in [4.78, 5) is 17.3. The van der Waals surface area contributed by atoms with Gasteiger partial charge in [0.15, 0.2) is 23.1 Å². The number of aryl methyl sites for hydroxylation is 1. The van der Waals surface area contributed by atoms with Gasteiger partial charge >= 0.3 is 0 Å². The van der Waals surface area contributed by atoms with E-state index in [2.05, 4.69) is 20.5 Å². The molecule has 7 nitrogen and oxygen atoms in total. The van der Waals surface area contributed by atoms with Crippen LogP contribution in [0, 0.1) is 0 Å². The molecule has 1 aromatic heterocycles. The number of hydrogen-bond acceptors (Lipinski definition) is 5. The fourth-order valence-electron chi connectivity index (χ4n) is 3.40. The van der Waals surface area contributed by atoms with Gasteiger partial charge in [-0.2, -0.15) is 5.10 Å². The molecule has 7 heteroatoms. The van der Waals surface area contributed by atoms with Crippen LogP contribution in [0.25, 0.3) is 22.8 Å². The summed E-state index contributed by atoms with van der Waals surface area (Å²) in [6, 6.07) is 22.9. The Morgan fingerprint density at radius 2 is 1.69 bits per heavy atom. The molecular weight excluding hydrogens is 404 g/mol. The highest BCUT2D eigenvalue weighted by molar-refractivity contribution is 5.94. The van der Waals surface area contributed by atoms with E-state index in [0.717, 1.165) is 16.7 Å². The summed E-state index contributed by atoms with van der Waals surface area (Å²) in [5.41, 5.74) is 3.38. The molecule has 4 rings (SSSR count). The molecule has 0 aliphatic heterocycles. The van der Waals surface area contributed by atoms with Crippen molar-refractivity contribution in [1.29, 1.82) is 0 Å². The number of H-pyrrole nitrogens is 1. The molecule has 0 saturated heterocycles. The van der Waals surface area contributed by atoms with Gasteiger partial charge in [0.25, 0.3) is 0 Å². The van der Waals surface area contributed by atoms with Crippen LogP contribution in [0.4, 0.5) is 5.69 Å². The largest absolute Gasteiger partial charge is 0.493 e. The number of ether oxygens (including phenoxy) is 2. The molecule has 0 saturated carbocycles. The minimum atomic E-state index is -0.0879. The van der Waals surface area contributed by atoms with Gasteiger partial charge < -0.3 is 14.8 Å². The minimum absolute atomic E-state index is 0.0879. The van der Waals surface area contributed by atoms with E-state index in [1.54, 1.807) is 14.2 Å². The average Bonchev–Trinajstić information content (AvgIpc) is 3.33. The van der Waals surface area contributed by atoms with Crippen molar-refractivity contribution in [3.8, 4) is 34.3 Å². The Hall–Kier alpha value is -4.13. The fraction of sp³-hybridized carbons (Fsp3) is 0.160. The number of hydrogen-bond donors (Lipinski definition) is 2. The Labute approximate surface area is 186 Å². The summed E-state index contributed by atoms with van der Waals surface area (Å²) in [6.45, 7) is 0. The molecule has 0 fully saturated rings. The van der Waals surface area contributed by atoms with E-state index < -0.39 is 0 Å². The molecule has 0 aliphatic rings. The second-order valence-corrected chi connectivity index (χ2v) is 7.16. The third-order valence-electron chi connectivity index (χ3n) is 5.06. The smallest absolute Gasteiger partial charge is 0.224 e. The molecule has 1 amide bonds. The Balaban J connectivity index is 1.46. The highest BCUT2D eigenvalue weighted by Crippen LogP contribution is 2.29. The molecule has 0 bridgehead atoms. The lowest BCUT2D eigenvalue weighted by Crippen LogP contribution is -2.13. The number of para-hydroxylation sites is 1. The van der Waals surface area contributed by atoms with Crippen LogP contribution < -0.4 is 14.8 Å². The first-order valence-electron chi connectivity index (χ1n) is 10.3. The van der Waals surface area contributed by atoms with Crippen LogP contribution in [-0.4, -0.2) is 35.3 Å². The van der Waals surface area contributed by atoms with Crippen LogP contribution in [-0.2, 0) is 11.2 Å². The summed E-state index contributed by atoms with van der Waals surface area (Å²) in [7, 11) is 3.19. The van der Waals surface area contributed by atoms with Gasteiger partial charge in [-0.3, -0.25) is 9.89 Å². The van der Waals surface area contributed by atoms with Crippen LogP contribution in [0.1, 0.15) is 12.0 Å². The van der Waals surface area contributed by atoms with Gasteiger partial charge in [0.2, 0.25) is 5.91 Å². The Kier molecular flexibility index (Phi) is 6.46. The van der Waals surface area contributed by atoms with E-state index in [9.17, 15) is 4.79 Å². The number of nitrogens with one attached hydrogen (secondary N) is 2. The lowest BCUT2D eigenvalue weighted by molar-refractivity contribution is -0.116. The maximum atomic E-state index is 12.7. The molecule has 1 heterocycles. The lowest BCUT2D eigenvalue weighted by Gasteiger charge is -2.11. The predicted octanol–water partition coefficient (Wildman–Crippen LogP) is 4.73. The number of amides is 1. The number of carbonyl (C=O) groups excluding carboxylic acids is 1. The van der Waals surface area contributed by atoms with Crippen LogP contribution >= 0.6 is 0 Å². The zero-order valence-electron chi connectivity index (χ0n) is 18.0. The van der Waals surface area contributed by atoms with E-state index in [-0.39, 0.29) is 5.91 Å². The van der Waals surface area contributed by atoms with E-state index in [1.807, 2.05) is 72.8 Å².